The number of carboxylic acids is 2. The molecule has 1 heterocycles. The predicted molar refractivity (Wildman–Crippen MR) is 59.9 cm³/mol. The maximum Gasteiger partial charge on any atom is 0.317 e. The molecule has 7 heteroatoms. The van der Waals surface area contributed by atoms with E-state index >= 15 is 0 Å². The first-order valence-corrected chi connectivity index (χ1v) is 5.62. The van der Waals surface area contributed by atoms with Gasteiger partial charge >= 0.3 is 11.9 Å². The zero-order valence-corrected chi connectivity index (χ0v) is 9.79. The van der Waals surface area contributed by atoms with Crippen molar-refractivity contribution in [2.75, 3.05) is 13.1 Å². The van der Waals surface area contributed by atoms with Crippen molar-refractivity contribution < 1.29 is 19.8 Å². The largest absolute Gasteiger partial charge is 0.480 e. The topological polar surface area (TPSA) is 77.8 Å². The van der Waals surface area contributed by atoms with Crippen LogP contribution >= 0.6 is 22.9 Å². The molecular weight excluding hydrogens is 254 g/mol. The van der Waals surface area contributed by atoms with Gasteiger partial charge in [-0.05, 0) is 6.07 Å². The van der Waals surface area contributed by atoms with Crippen LogP contribution in [0.3, 0.4) is 0 Å². The Morgan fingerprint density at radius 3 is 2.25 bits per heavy atom. The average Bonchev–Trinajstić information content (AvgIpc) is 2.48. The van der Waals surface area contributed by atoms with Crippen molar-refractivity contribution in [2.45, 2.75) is 6.54 Å². The van der Waals surface area contributed by atoms with Crippen LogP contribution in [0.2, 0.25) is 5.02 Å². The third kappa shape index (κ3) is 4.61. The minimum atomic E-state index is -1.05. The molecule has 88 valence electrons. The fourth-order valence-electron chi connectivity index (χ4n) is 1.21. The van der Waals surface area contributed by atoms with Crippen LogP contribution in [-0.2, 0) is 16.1 Å². The summed E-state index contributed by atoms with van der Waals surface area (Å²) in [6.45, 7) is -0.334. The molecule has 0 fully saturated rings. The van der Waals surface area contributed by atoms with Gasteiger partial charge in [-0.2, -0.15) is 0 Å². The molecule has 0 saturated carbocycles. The van der Waals surface area contributed by atoms with Crippen LogP contribution in [0.25, 0.3) is 0 Å². The Morgan fingerprint density at radius 1 is 1.31 bits per heavy atom. The Kier molecular flexibility index (Phi) is 4.72. The summed E-state index contributed by atoms with van der Waals surface area (Å²) in [6.07, 6.45) is 0. The van der Waals surface area contributed by atoms with Crippen LogP contribution in [-0.4, -0.2) is 40.1 Å². The lowest BCUT2D eigenvalue weighted by Gasteiger charge is -2.16. The normalized spacial score (nSPS) is 10.6. The van der Waals surface area contributed by atoms with Gasteiger partial charge in [0.25, 0.3) is 0 Å². The highest BCUT2D eigenvalue weighted by molar-refractivity contribution is 7.10. The molecule has 0 radical (unpaired) electrons. The maximum absolute atomic E-state index is 10.5. The number of hydrogen-bond donors (Lipinski definition) is 2. The molecule has 1 aromatic rings. The lowest BCUT2D eigenvalue weighted by molar-refractivity contribution is -0.141. The fourth-order valence-corrected chi connectivity index (χ4v) is 2.32. The summed E-state index contributed by atoms with van der Waals surface area (Å²) >= 11 is 7.09. The minimum absolute atomic E-state index is 0.274. The van der Waals surface area contributed by atoms with Crippen LogP contribution in [0, 0.1) is 0 Å². The van der Waals surface area contributed by atoms with Crippen LogP contribution in [0.5, 0.6) is 0 Å². The van der Waals surface area contributed by atoms with E-state index < -0.39 is 11.9 Å². The Morgan fingerprint density at radius 2 is 1.88 bits per heavy atom. The fraction of sp³-hybridized carbons (Fsp3) is 0.333. The predicted octanol–water partition coefficient (Wildman–Crippen LogP) is 1.37. The van der Waals surface area contributed by atoms with Gasteiger partial charge in [0.1, 0.15) is 0 Å². The highest BCUT2D eigenvalue weighted by atomic mass is 35.5. The molecule has 0 spiro atoms. The van der Waals surface area contributed by atoms with Gasteiger partial charge in [-0.1, -0.05) is 11.6 Å². The van der Waals surface area contributed by atoms with Crippen LogP contribution in [0.4, 0.5) is 0 Å². The highest BCUT2D eigenvalue weighted by Crippen LogP contribution is 2.20. The molecule has 2 N–H and O–H groups in total. The molecule has 1 aromatic heterocycles. The van der Waals surface area contributed by atoms with Gasteiger partial charge in [-0.15, -0.1) is 11.3 Å². The van der Waals surface area contributed by atoms with Gasteiger partial charge in [-0.3, -0.25) is 14.5 Å². The van der Waals surface area contributed by atoms with E-state index in [1.165, 1.54) is 16.2 Å². The van der Waals surface area contributed by atoms with Gasteiger partial charge in [0.15, 0.2) is 0 Å². The summed E-state index contributed by atoms with van der Waals surface area (Å²) < 4.78 is 0. The summed E-state index contributed by atoms with van der Waals surface area (Å²) in [5, 5.41) is 19.5. The quantitative estimate of drug-likeness (QED) is 0.811. The standard InChI is InChI=1S/C9H10ClNO4S/c10-6-1-7(16-5-6)2-11(3-8(12)13)4-9(14)15/h1,5H,2-4H2,(H,12,13)(H,14,15). The van der Waals surface area contributed by atoms with Crippen LogP contribution < -0.4 is 0 Å². The molecule has 0 atom stereocenters. The van der Waals surface area contributed by atoms with Gasteiger partial charge in [-0.25, -0.2) is 0 Å². The molecule has 0 amide bonds. The Labute approximate surface area is 101 Å². The highest BCUT2D eigenvalue weighted by Gasteiger charge is 2.14. The summed E-state index contributed by atoms with van der Waals surface area (Å²) in [4.78, 5) is 23.2. The third-order valence-corrected chi connectivity index (χ3v) is 2.99. The zero-order valence-electron chi connectivity index (χ0n) is 8.22. The van der Waals surface area contributed by atoms with Crippen molar-refractivity contribution in [2.24, 2.45) is 0 Å². The van der Waals surface area contributed by atoms with Crippen molar-refractivity contribution in [3.63, 3.8) is 0 Å². The summed E-state index contributed by atoms with van der Waals surface area (Å²) in [6, 6.07) is 1.70. The molecule has 0 aliphatic rings. The molecular formula is C9H10ClNO4S. The van der Waals surface area contributed by atoms with E-state index in [0.717, 1.165) is 4.88 Å². The number of carboxylic acid groups (broad SMARTS) is 2. The molecule has 0 aliphatic carbocycles. The smallest absolute Gasteiger partial charge is 0.317 e. The van der Waals surface area contributed by atoms with E-state index in [1.807, 2.05) is 0 Å². The van der Waals surface area contributed by atoms with E-state index in [-0.39, 0.29) is 19.6 Å². The number of aliphatic carboxylic acids is 2. The second-order valence-electron chi connectivity index (χ2n) is 3.16. The van der Waals surface area contributed by atoms with Crippen LogP contribution in [0.15, 0.2) is 11.4 Å². The maximum atomic E-state index is 10.5. The van der Waals surface area contributed by atoms with Crippen molar-refractivity contribution in [3.05, 3.63) is 21.3 Å². The van der Waals surface area contributed by atoms with Crippen molar-refractivity contribution in [3.8, 4) is 0 Å². The third-order valence-electron chi connectivity index (χ3n) is 1.72. The Balaban J connectivity index is 2.62. The van der Waals surface area contributed by atoms with E-state index in [0.29, 0.717) is 5.02 Å². The number of nitrogens with zero attached hydrogens (tertiary/aromatic N) is 1. The monoisotopic (exact) mass is 263 g/mol. The second-order valence-corrected chi connectivity index (χ2v) is 4.60. The molecule has 0 saturated heterocycles. The molecule has 0 aliphatic heterocycles. The Hall–Kier alpha value is -1.11. The van der Waals surface area contributed by atoms with E-state index in [4.69, 9.17) is 21.8 Å². The molecule has 0 bridgehead atoms. The van der Waals surface area contributed by atoms with E-state index in [1.54, 1.807) is 11.4 Å². The second kappa shape index (κ2) is 5.83. The zero-order chi connectivity index (χ0) is 12.1. The molecule has 0 aromatic carbocycles. The summed E-state index contributed by atoms with van der Waals surface area (Å²) in [5.41, 5.74) is 0. The lowest BCUT2D eigenvalue weighted by Crippen LogP contribution is -2.33. The number of carbonyl (C=O) groups is 2. The van der Waals surface area contributed by atoms with Gasteiger partial charge < -0.3 is 10.2 Å². The summed E-state index contributed by atoms with van der Waals surface area (Å²) in [7, 11) is 0. The first-order chi connectivity index (χ1) is 7.47. The molecule has 0 unspecified atom stereocenters. The molecule has 5 nitrogen and oxygen atoms in total. The van der Waals surface area contributed by atoms with E-state index in [2.05, 4.69) is 0 Å². The van der Waals surface area contributed by atoms with Crippen LogP contribution in [0.1, 0.15) is 4.88 Å². The lowest BCUT2D eigenvalue weighted by atomic mass is 10.4. The van der Waals surface area contributed by atoms with Crippen molar-refractivity contribution in [1.82, 2.24) is 4.90 Å². The van der Waals surface area contributed by atoms with Gasteiger partial charge in [0.05, 0.1) is 18.1 Å². The first-order valence-electron chi connectivity index (χ1n) is 4.36. The van der Waals surface area contributed by atoms with Crippen molar-refractivity contribution in [1.29, 1.82) is 0 Å². The van der Waals surface area contributed by atoms with Crippen molar-refractivity contribution >= 4 is 34.9 Å². The average molecular weight is 264 g/mol. The minimum Gasteiger partial charge on any atom is -0.480 e. The first kappa shape index (κ1) is 13.0. The number of rotatable bonds is 6. The SMILES string of the molecule is O=C(O)CN(CC(=O)O)Cc1cc(Cl)cs1. The molecule has 16 heavy (non-hydrogen) atoms. The van der Waals surface area contributed by atoms with E-state index in [9.17, 15) is 9.59 Å². The number of thiophene rings is 1. The Bertz CT molecular complexity index is 377. The van der Waals surface area contributed by atoms with Gasteiger partial charge in [0, 0.05) is 16.8 Å². The number of hydrogen-bond acceptors (Lipinski definition) is 4. The summed E-state index contributed by atoms with van der Waals surface area (Å²) in [5.74, 6) is -2.10. The van der Waals surface area contributed by atoms with Gasteiger partial charge in [0.2, 0.25) is 0 Å². The molecule has 1 rings (SSSR count). The number of halogens is 1.